The van der Waals surface area contributed by atoms with Gasteiger partial charge in [0, 0.05) is 19.3 Å². The number of rotatable bonds is 6. The van der Waals surface area contributed by atoms with Gasteiger partial charge in [-0.2, -0.15) is 0 Å². The Balaban J connectivity index is 2.49. The van der Waals surface area contributed by atoms with Crippen molar-refractivity contribution >= 4 is 5.69 Å². The molecule has 2 nitrogen and oxygen atoms in total. The van der Waals surface area contributed by atoms with E-state index in [2.05, 4.69) is 43.4 Å². The third-order valence-electron chi connectivity index (χ3n) is 2.73. The van der Waals surface area contributed by atoms with Crippen LogP contribution in [0.1, 0.15) is 31.7 Å². The van der Waals surface area contributed by atoms with Crippen LogP contribution in [0.25, 0.3) is 0 Å². The highest BCUT2D eigenvalue weighted by Crippen LogP contribution is 2.20. The van der Waals surface area contributed by atoms with Crippen molar-refractivity contribution < 1.29 is 4.74 Å². The summed E-state index contributed by atoms with van der Waals surface area (Å²) in [6.45, 7) is 6.08. The summed E-state index contributed by atoms with van der Waals surface area (Å²) < 4.78 is 4.98. The van der Waals surface area contributed by atoms with Gasteiger partial charge in [0.15, 0.2) is 0 Å². The summed E-state index contributed by atoms with van der Waals surface area (Å²) in [5, 5.41) is 3.30. The molecule has 0 spiro atoms. The molecule has 0 fully saturated rings. The van der Waals surface area contributed by atoms with Crippen LogP contribution in [0.4, 0.5) is 5.69 Å². The molecule has 0 heterocycles. The molecule has 0 aromatic heterocycles. The van der Waals surface area contributed by atoms with Gasteiger partial charge in [0.1, 0.15) is 0 Å². The lowest BCUT2D eigenvalue weighted by Gasteiger charge is -2.10. The first-order valence-corrected chi connectivity index (χ1v) is 5.60. The van der Waals surface area contributed by atoms with Crippen molar-refractivity contribution in [3.63, 3.8) is 0 Å². The Kier molecular flexibility index (Phi) is 5.19. The highest BCUT2D eigenvalue weighted by molar-refractivity contribution is 5.45. The van der Waals surface area contributed by atoms with E-state index in [1.807, 2.05) is 0 Å². The number of methoxy groups -OCH3 is 1. The van der Waals surface area contributed by atoms with Crippen LogP contribution in [0, 0.1) is 0 Å². The molecule has 0 saturated carbocycles. The Morgan fingerprint density at radius 2 is 1.93 bits per heavy atom. The molecular weight excluding hydrogens is 186 g/mol. The fourth-order valence-corrected chi connectivity index (χ4v) is 1.46. The van der Waals surface area contributed by atoms with Crippen molar-refractivity contribution in [2.75, 3.05) is 25.6 Å². The number of nitrogens with one attached hydrogen (secondary N) is 1. The lowest BCUT2D eigenvalue weighted by atomic mass is 9.99. The third-order valence-corrected chi connectivity index (χ3v) is 2.73. The number of hydrogen-bond acceptors (Lipinski definition) is 2. The van der Waals surface area contributed by atoms with E-state index in [1.54, 1.807) is 7.11 Å². The topological polar surface area (TPSA) is 21.3 Å². The Morgan fingerprint density at radius 1 is 1.27 bits per heavy atom. The van der Waals surface area contributed by atoms with Crippen molar-refractivity contribution in [1.82, 2.24) is 0 Å². The molecule has 1 aromatic rings. The van der Waals surface area contributed by atoms with E-state index in [1.165, 1.54) is 17.7 Å². The number of anilines is 1. The summed E-state index contributed by atoms with van der Waals surface area (Å²) in [7, 11) is 1.72. The molecule has 0 aliphatic rings. The van der Waals surface area contributed by atoms with Crippen LogP contribution in [0.3, 0.4) is 0 Å². The Bertz CT molecular complexity index is 268. The molecule has 0 saturated heterocycles. The standard InChI is InChI=1S/C13H21NO/c1-4-11(2)12-5-7-13(8-6-12)14-9-10-15-3/h5-8,11,14H,4,9-10H2,1-3H3. The summed E-state index contributed by atoms with van der Waals surface area (Å²) in [5.41, 5.74) is 2.58. The third kappa shape index (κ3) is 3.92. The fraction of sp³-hybridized carbons (Fsp3) is 0.538. The first-order chi connectivity index (χ1) is 7.27. The van der Waals surface area contributed by atoms with Crippen LogP contribution in [0.5, 0.6) is 0 Å². The Labute approximate surface area is 92.6 Å². The van der Waals surface area contributed by atoms with Crippen LogP contribution in [-0.4, -0.2) is 20.3 Å². The minimum Gasteiger partial charge on any atom is -0.383 e. The first-order valence-electron chi connectivity index (χ1n) is 5.60. The van der Waals surface area contributed by atoms with E-state index in [4.69, 9.17) is 4.74 Å². The van der Waals surface area contributed by atoms with Crippen molar-refractivity contribution in [1.29, 1.82) is 0 Å². The zero-order valence-corrected chi connectivity index (χ0v) is 9.92. The van der Waals surface area contributed by atoms with Crippen LogP contribution >= 0.6 is 0 Å². The lowest BCUT2D eigenvalue weighted by molar-refractivity contribution is 0.211. The number of ether oxygens (including phenoxy) is 1. The van der Waals surface area contributed by atoms with Gasteiger partial charge in [-0.15, -0.1) is 0 Å². The van der Waals surface area contributed by atoms with Gasteiger partial charge >= 0.3 is 0 Å². The van der Waals surface area contributed by atoms with E-state index in [0.717, 1.165) is 13.2 Å². The van der Waals surface area contributed by atoms with E-state index in [0.29, 0.717) is 5.92 Å². The summed E-state index contributed by atoms with van der Waals surface area (Å²) in [4.78, 5) is 0. The molecule has 0 bridgehead atoms. The minimum atomic E-state index is 0.651. The summed E-state index contributed by atoms with van der Waals surface area (Å²) >= 11 is 0. The van der Waals surface area contributed by atoms with Gasteiger partial charge in [-0.1, -0.05) is 26.0 Å². The molecule has 1 aromatic carbocycles. The maximum Gasteiger partial charge on any atom is 0.0635 e. The second kappa shape index (κ2) is 6.46. The second-order valence-corrected chi connectivity index (χ2v) is 3.85. The van der Waals surface area contributed by atoms with Crippen LogP contribution in [0.15, 0.2) is 24.3 Å². The van der Waals surface area contributed by atoms with Gasteiger partial charge in [0.2, 0.25) is 0 Å². The van der Waals surface area contributed by atoms with Crippen LogP contribution in [0.2, 0.25) is 0 Å². The van der Waals surface area contributed by atoms with Gasteiger partial charge in [0.25, 0.3) is 0 Å². The van der Waals surface area contributed by atoms with Gasteiger partial charge < -0.3 is 10.1 Å². The number of benzene rings is 1. The maximum atomic E-state index is 4.98. The van der Waals surface area contributed by atoms with E-state index in [-0.39, 0.29) is 0 Å². The smallest absolute Gasteiger partial charge is 0.0635 e. The summed E-state index contributed by atoms with van der Waals surface area (Å²) in [6.07, 6.45) is 1.19. The maximum absolute atomic E-state index is 4.98. The van der Waals surface area contributed by atoms with E-state index < -0.39 is 0 Å². The molecule has 1 unspecified atom stereocenters. The predicted molar refractivity (Wildman–Crippen MR) is 65.5 cm³/mol. The fourth-order valence-electron chi connectivity index (χ4n) is 1.46. The Morgan fingerprint density at radius 3 is 2.47 bits per heavy atom. The molecule has 0 aliphatic heterocycles. The van der Waals surface area contributed by atoms with Gasteiger partial charge in [-0.05, 0) is 30.0 Å². The molecule has 2 heteroatoms. The average molecular weight is 207 g/mol. The molecule has 0 aliphatic carbocycles. The van der Waals surface area contributed by atoms with E-state index >= 15 is 0 Å². The zero-order chi connectivity index (χ0) is 11.1. The molecule has 84 valence electrons. The largest absolute Gasteiger partial charge is 0.383 e. The minimum absolute atomic E-state index is 0.651. The second-order valence-electron chi connectivity index (χ2n) is 3.85. The van der Waals surface area contributed by atoms with Crippen LogP contribution in [-0.2, 0) is 4.74 Å². The lowest BCUT2D eigenvalue weighted by Crippen LogP contribution is -2.07. The first kappa shape index (κ1) is 12.1. The monoisotopic (exact) mass is 207 g/mol. The Hall–Kier alpha value is -1.02. The molecule has 1 atom stereocenters. The quantitative estimate of drug-likeness (QED) is 0.723. The molecule has 0 amide bonds. The van der Waals surface area contributed by atoms with Crippen LogP contribution < -0.4 is 5.32 Å². The van der Waals surface area contributed by atoms with Gasteiger partial charge in [-0.3, -0.25) is 0 Å². The van der Waals surface area contributed by atoms with Gasteiger partial charge in [0.05, 0.1) is 6.61 Å². The average Bonchev–Trinajstić information content (AvgIpc) is 2.29. The highest BCUT2D eigenvalue weighted by Gasteiger charge is 2.01. The molecule has 1 rings (SSSR count). The summed E-state index contributed by atoms with van der Waals surface area (Å²) in [5.74, 6) is 0.651. The predicted octanol–water partition coefficient (Wildman–Crippen LogP) is 3.26. The molecule has 15 heavy (non-hydrogen) atoms. The van der Waals surface area contributed by atoms with Crippen molar-refractivity contribution in [3.8, 4) is 0 Å². The van der Waals surface area contributed by atoms with Crippen molar-refractivity contribution in [2.24, 2.45) is 0 Å². The highest BCUT2D eigenvalue weighted by atomic mass is 16.5. The van der Waals surface area contributed by atoms with Gasteiger partial charge in [-0.25, -0.2) is 0 Å². The normalized spacial score (nSPS) is 12.5. The number of hydrogen-bond donors (Lipinski definition) is 1. The molecular formula is C13H21NO. The summed E-state index contributed by atoms with van der Waals surface area (Å²) in [6, 6.07) is 8.67. The zero-order valence-electron chi connectivity index (χ0n) is 9.92. The molecule has 0 radical (unpaired) electrons. The van der Waals surface area contributed by atoms with Crippen molar-refractivity contribution in [3.05, 3.63) is 29.8 Å². The van der Waals surface area contributed by atoms with Crippen molar-refractivity contribution in [2.45, 2.75) is 26.2 Å². The van der Waals surface area contributed by atoms with E-state index in [9.17, 15) is 0 Å². The molecule has 1 N–H and O–H groups in total. The SMILES string of the molecule is CCC(C)c1ccc(NCCOC)cc1.